The smallest absolute Gasteiger partial charge is 0.152 e. The van der Waals surface area contributed by atoms with Crippen molar-refractivity contribution in [3.8, 4) is 5.75 Å². The van der Waals surface area contributed by atoms with Crippen molar-refractivity contribution in [3.05, 3.63) is 42.6 Å². The number of aldehydes is 1. The Morgan fingerprint density at radius 2 is 2.03 bits per heavy atom. The first-order valence-corrected chi connectivity index (χ1v) is 10.2. The average molecular weight is 444 g/mol. The van der Waals surface area contributed by atoms with Crippen molar-refractivity contribution < 1.29 is 9.53 Å². The lowest BCUT2D eigenvalue weighted by Crippen LogP contribution is -2.54. The first-order valence-electron chi connectivity index (χ1n) is 10.2. The van der Waals surface area contributed by atoms with Crippen LogP contribution < -0.4 is 19.9 Å². The molecule has 1 atom stereocenters. The van der Waals surface area contributed by atoms with E-state index in [1.807, 2.05) is 30.3 Å². The summed E-state index contributed by atoms with van der Waals surface area (Å²) in [5.41, 5.74) is 1.94. The summed E-state index contributed by atoms with van der Waals surface area (Å²) in [4.78, 5) is 24.4. The Balaban J connectivity index is 0.00000272. The molecule has 4 rings (SSSR count). The number of nitrogens with one attached hydrogen (secondary N) is 2. The first-order chi connectivity index (χ1) is 14.4. The number of aromatic nitrogens is 2. The fourth-order valence-electron chi connectivity index (χ4n) is 3.95. The molecule has 166 valence electrons. The van der Waals surface area contributed by atoms with Crippen LogP contribution in [0, 0.1) is 0 Å². The number of carbonyl (C=O) groups is 1. The topological polar surface area (TPSA) is 73.5 Å². The molecule has 2 aromatic heterocycles. The van der Waals surface area contributed by atoms with E-state index in [-0.39, 0.29) is 24.0 Å². The highest BCUT2D eigenvalue weighted by atomic mass is 35.5. The summed E-state index contributed by atoms with van der Waals surface area (Å²) in [6, 6.07) is 11.7. The Hall–Kier alpha value is -2.93. The quantitative estimate of drug-likeness (QED) is 0.578. The molecular formula is C23H30ClN5O2. The molecule has 1 saturated heterocycles. The van der Waals surface area contributed by atoms with Crippen LogP contribution in [0.15, 0.2) is 42.6 Å². The summed E-state index contributed by atoms with van der Waals surface area (Å²) in [5.74, 6) is 2.66. The third-order valence-corrected chi connectivity index (χ3v) is 5.29. The number of hydrogen-bond donors (Lipinski definition) is 2. The summed E-state index contributed by atoms with van der Waals surface area (Å²) < 4.78 is 5.32. The van der Waals surface area contributed by atoms with Crippen LogP contribution in [0.25, 0.3) is 10.9 Å². The molecule has 7 nitrogen and oxygen atoms in total. The van der Waals surface area contributed by atoms with Crippen molar-refractivity contribution in [2.45, 2.75) is 32.4 Å². The maximum absolute atomic E-state index is 12.0. The lowest BCUT2D eigenvalue weighted by Gasteiger charge is -2.41. The second kappa shape index (κ2) is 9.06. The minimum atomic E-state index is -0.266. The number of H-pyrrole nitrogens is 1. The molecule has 1 unspecified atom stereocenters. The number of rotatable bonds is 5. The van der Waals surface area contributed by atoms with Gasteiger partial charge in [-0.25, -0.2) is 4.98 Å². The largest absolute Gasteiger partial charge is 0.497 e. The number of ether oxygens (including phenoxy) is 1. The molecule has 1 fully saturated rings. The van der Waals surface area contributed by atoms with E-state index < -0.39 is 0 Å². The van der Waals surface area contributed by atoms with Gasteiger partial charge in [-0.3, -0.25) is 0 Å². The Morgan fingerprint density at radius 1 is 1.23 bits per heavy atom. The van der Waals surface area contributed by atoms with Crippen molar-refractivity contribution in [1.82, 2.24) is 9.97 Å². The molecule has 0 bridgehead atoms. The molecule has 1 aromatic carbocycles. The third kappa shape index (κ3) is 4.88. The zero-order chi connectivity index (χ0) is 21.3. The molecule has 1 aliphatic rings. The predicted octanol–water partition coefficient (Wildman–Crippen LogP) is 4.10. The average Bonchev–Trinajstić information content (AvgIpc) is 3.15. The predicted molar refractivity (Wildman–Crippen MR) is 129 cm³/mol. The van der Waals surface area contributed by atoms with Crippen LogP contribution in [0.2, 0.25) is 0 Å². The highest BCUT2D eigenvalue weighted by Gasteiger charge is 2.30. The normalized spacial score (nSPS) is 16.7. The first kappa shape index (κ1) is 22.7. The van der Waals surface area contributed by atoms with Crippen LogP contribution in [0.3, 0.4) is 0 Å². The Bertz CT molecular complexity index is 1050. The van der Waals surface area contributed by atoms with Gasteiger partial charge in [0.25, 0.3) is 0 Å². The molecule has 0 spiro atoms. The maximum Gasteiger partial charge on any atom is 0.152 e. The zero-order valence-electron chi connectivity index (χ0n) is 18.4. The van der Waals surface area contributed by atoms with Gasteiger partial charge in [-0.05, 0) is 57.2 Å². The lowest BCUT2D eigenvalue weighted by atomic mass is 10.1. The second-order valence-corrected chi connectivity index (χ2v) is 8.70. The van der Waals surface area contributed by atoms with Gasteiger partial charge in [0, 0.05) is 42.3 Å². The van der Waals surface area contributed by atoms with Crippen molar-refractivity contribution >= 4 is 46.9 Å². The number of fused-ring (bicyclic) bond motifs is 1. The summed E-state index contributed by atoms with van der Waals surface area (Å²) >= 11 is 0. The molecule has 1 aliphatic heterocycles. The summed E-state index contributed by atoms with van der Waals surface area (Å²) in [6.45, 7) is 8.46. The standard InChI is InChI=1S/C23H29N5O2.ClH/c1-23(2,3)26-20-6-5-9-24-22(20)27-10-11-28(17(14-27)15-29)21-13-16-12-18(30-4)7-8-19(16)25-21;/h5-9,12-13,15,17,25-26H,10-11,14H2,1-4H3;1H. The minimum absolute atomic E-state index is 0. The number of pyridine rings is 1. The summed E-state index contributed by atoms with van der Waals surface area (Å²) in [6.07, 6.45) is 2.83. The number of halogens is 1. The fraction of sp³-hybridized carbons (Fsp3) is 0.391. The SMILES string of the molecule is COc1ccc2[nH]c(N3CCN(c4ncccc4NC(C)(C)C)CC3C=O)cc2c1.Cl. The van der Waals surface area contributed by atoms with Gasteiger partial charge in [-0.15, -0.1) is 12.4 Å². The fourth-order valence-corrected chi connectivity index (χ4v) is 3.95. The van der Waals surface area contributed by atoms with E-state index in [1.54, 1.807) is 13.3 Å². The molecule has 0 radical (unpaired) electrons. The van der Waals surface area contributed by atoms with Crippen molar-refractivity contribution in [1.29, 1.82) is 0 Å². The van der Waals surface area contributed by atoms with Crippen molar-refractivity contribution in [3.63, 3.8) is 0 Å². The van der Waals surface area contributed by atoms with Gasteiger partial charge in [0.1, 0.15) is 23.9 Å². The zero-order valence-corrected chi connectivity index (χ0v) is 19.2. The van der Waals surface area contributed by atoms with E-state index in [9.17, 15) is 4.79 Å². The molecule has 3 heterocycles. The van der Waals surface area contributed by atoms with Crippen LogP contribution in [-0.2, 0) is 4.79 Å². The van der Waals surface area contributed by atoms with Crippen LogP contribution >= 0.6 is 12.4 Å². The number of nitrogens with zero attached hydrogens (tertiary/aromatic N) is 3. The highest BCUT2D eigenvalue weighted by molar-refractivity contribution is 5.86. The van der Waals surface area contributed by atoms with Gasteiger partial charge in [-0.1, -0.05) is 0 Å². The molecule has 8 heteroatoms. The van der Waals surface area contributed by atoms with Gasteiger partial charge in [0.2, 0.25) is 0 Å². The van der Waals surface area contributed by atoms with Crippen LogP contribution in [0.4, 0.5) is 17.3 Å². The van der Waals surface area contributed by atoms with Crippen molar-refractivity contribution in [2.75, 3.05) is 41.9 Å². The minimum Gasteiger partial charge on any atom is -0.497 e. The van der Waals surface area contributed by atoms with E-state index in [1.165, 1.54) is 0 Å². The van der Waals surface area contributed by atoms with E-state index >= 15 is 0 Å². The Morgan fingerprint density at radius 3 is 2.74 bits per heavy atom. The molecular weight excluding hydrogens is 414 g/mol. The van der Waals surface area contributed by atoms with Crippen LogP contribution in [0.1, 0.15) is 20.8 Å². The summed E-state index contributed by atoms with van der Waals surface area (Å²) in [7, 11) is 1.66. The lowest BCUT2D eigenvalue weighted by molar-refractivity contribution is -0.109. The van der Waals surface area contributed by atoms with Crippen molar-refractivity contribution in [2.24, 2.45) is 0 Å². The number of aromatic amines is 1. The Kier molecular flexibility index (Phi) is 6.65. The van der Waals surface area contributed by atoms with Gasteiger partial charge in [0.15, 0.2) is 5.82 Å². The van der Waals surface area contributed by atoms with Gasteiger partial charge >= 0.3 is 0 Å². The van der Waals surface area contributed by atoms with E-state index in [2.05, 4.69) is 51.9 Å². The van der Waals surface area contributed by atoms with Gasteiger partial charge < -0.3 is 29.6 Å². The Labute approximate surface area is 189 Å². The number of benzene rings is 1. The number of carbonyl (C=O) groups excluding carboxylic acids is 1. The van der Waals surface area contributed by atoms with E-state index in [0.29, 0.717) is 6.54 Å². The molecule has 2 N–H and O–H groups in total. The van der Waals surface area contributed by atoms with E-state index in [4.69, 9.17) is 4.74 Å². The van der Waals surface area contributed by atoms with Crippen LogP contribution in [-0.4, -0.2) is 54.6 Å². The number of hydrogen-bond acceptors (Lipinski definition) is 6. The molecule has 0 aliphatic carbocycles. The number of methoxy groups -OCH3 is 1. The molecule has 31 heavy (non-hydrogen) atoms. The monoisotopic (exact) mass is 443 g/mol. The number of piperazine rings is 1. The van der Waals surface area contributed by atoms with Gasteiger partial charge in [-0.2, -0.15) is 0 Å². The molecule has 3 aromatic rings. The molecule has 0 saturated carbocycles. The molecule has 0 amide bonds. The summed E-state index contributed by atoms with van der Waals surface area (Å²) in [5, 5.41) is 4.59. The maximum atomic E-state index is 12.0. The number of anilines is 3. The second-order valence-electron chi connectivity index (χ2n) is 8.70. The highest BCUT2D eigenvalue weighted by Crippen LogP contribution is 2.31. The van der Waals surface area contributed by atoms with E-state index in [0.717, 1.165) is 53.4 Å². The third-order valence-electron chi connectivity index (χ3n) is 5.29. The van der Waals surface area contributed by atoms with Gasteiger partial charge in [0.05, 0.1) is 12.8 Å². The van der Waals surface area contributed by atoms with Crippen LogP contribution in [0.5, 0.6) is 5.75 Å².